The highest BCUT2D eigenvalue weighted by Crippen LogP contribution is 2.31. The summed E-state index contributed by atoms with van der Waals surface area (Å²) in [5.74, 6) is 0.244. The number of halogens is 1. The highest BCUT2D eigenvalue weighted by Gasteiger charge is 2.31. The van der Waals surface area contributed by atoms with Gasteiger partial charge in [-0.25, -0.2) is 8.42 Å². The van der Waals surface area contributed by atoms with Crippen molar-refractivity contribution in [3.05, 3.63) is 15.8 Å². The highest BCUT2D eigenvalue weighted by atomic mass is 35.5. The number of unbranched alkanes of at least 4 members (excludes halogenated alkanes) is 2. The molecular formula is C14H24ClNO2S2. The minimum Gasteiger partial charge on any atom is -0.207 e. The number of rotatable bonds is 8. The van der Waals surface area contributed by atoms with E-state index in [4.69, 9.17) is 11.6 Å². The number of hydrogen-bond donors (Lipinski definition) is 0. The maximum atomic E-state index is 12.9. The summed E-state index contributed by atoms with van der Waals surface area (Å²) in [4.78, 5) is 1.16. The van der Waals surface area contributed by atoms with Crippen molar-refractivity contribution >= 4 is 33.0 Å². The van der Waals surface area contributed by atoms with Crippen molar-refractivity contribution in [2.24, 2.45) is 0 Å². The number of hydrogen-bond acceptors (Lipinski definition) is 3. The molecular weight excluding hydrogens is 314 g/mol. The van der Waals surface area contributed by atoms with Gasteiger partial charge in [0.2, 0.25) is 10.0 Å². The molecule has 1 aromatic rings. The molecule has 0 atom stereocenters. The molecule has 0 radical (unpaired) electrons. The monoisotopic (exact) mass is 337 g/mol. The predicted octanol–water partition coefficient (Wildman–Crippen LogP) is 4.38. The summed E-state index contributed by atoms with van der Waals surface area (Å²) in [6.07, 6.45) is 3.02. The molecule has 0 amide bonds. The minimum absolute atomic E-state index is 0.0423. The third kappa shape index (κ3) is 3.97. The Balaban J connectivity index is 3.13. The first kappa shape index (κ1) is 18.0. The van der Waals surface area contributed by atoms with Crippen LogP contribution in [-0.2, 0) is 15.9 Å². The molecule has 0 saturated carbocycles. The van der Waals surface area contributed by atoms with Crippen LogP contribution in [0.15, 0.2) is 10.3 Å². The second-order valence-corrected chi connectivity index (χ2v) is 8.28. The first-order valence-corrected chi connectivity index (χ1v) is 9.86. The molecule has 20 heavy (non-hydrogen) atoms. The van der Waals surface area contributed by atoms with Gasteiger partial charge in [-0.2, -0.15) is 4.31 Å². The normalized spacial score (nSPS) is 12.6. The van der Waals surface area contributed by atoms with E-state index in [2.05, 4.69) is 6.92 Å². The summed E-state index contributed by atoms with van der Waals surface area (Å²) < 4.78 is 27.4. The Hall–Kier alpha value is -0.100. The van der Waals surface area contributed by atoms with Crippen molar-refractivity contribution in [3.63, 3.8) is 0 Å². The Morgan fingerprint density at radius 3 is 2.50 bits per heavy atom. The van der Waals surface area contributed by atoms with Crippen molar-refractivity contribution in [3.8, 4) is 0 Å². The first-order chi connectivity index (χ1) is 9.36. The van der Waals surface area contributed by atoms with Gasteiger partial charge in [0, 0.05) is 17.5 Å². The Bertz CT molecular complexity index is 523. The van der Waals surface area contributed by atoms with Crippen LogP contribution in [0.2, 0.25) is 0 Å². The van der Waals surface area contributed by atoms with Gasteiger partial charge in [-0.05, 0) is 38.1 Å². The number of alkyl halides is 1. The zero-order valence-electron chi connectivity index (χ0n) is 12.6. The van der Waals surface area contributed by atoms with E-state index in [1.807, 2.05) is 26.2 Å². The van der Waals surface area contributed by atoms with Crippen LogP contribution in [0.4, 0.5) is 0 Å². The lowest BCUT2D eigenvalue weighted by Gasteiger charge is -2.26. The summed E-state index contributed by atoms with van der Waals surface area (Å²) in [7, 11) is -3.45. The van der Waals surface area contributed by atoms with E-state index in [9.17, 15) is 8.42 Å². The molecule has 0 unspecified atom stereocenters. The lowest BCUT2D eigenvalue weighted by Crippen LogP contribution is -2.38. The van der Waals surface area contributed by atoms with Crippen LogP contribution in [0.1, 0.15) is 50.5 Å². The van der Waals surface area contributed by atoms with E-state index < -0.39 is 10.0 Å². The summed E-state index contributed by atoms with van der Waals surface area (Å²) in [6, 6.07) is -0.0423. The molecule has 0 spiro atoms. The zero-order chi connectivity index (χ0) is 15.3. The fraction of sp³-hybridized carbons (Fsp3) is 0.714. The van der Waals surface area contributed by atoms with Gasteiger partial charge >= 0.3 is 0 Å². The predicted molar refractivity (Wildman–Crippen MR) is 87.2 cm³/mol. The van der Waals surface area contributed by atoms with Gasteiger partial charge < -0.3 is 0 Å². The van der Waals surface area contributed by atoms with Gasteiger partial charge in [-0.15, -0.1) is 22.9 Å². The molecule has 1 heterocycles. The van der Waals surface area contributed by atoms with E-state index in [-0.39, 0.29) is 11.9 Å². The van der Waals surface area contributed by atoms with Crippen LogP contribution >= 0.6 is 22.9 Å². The standard InChI is InChI=1S/C14H24ClNO2S2/c1-5-6-7-8-16(11(2)3)20(17,18)14-12(4)10-19-13(14)9-15/h10-11H,5-9H2,1-4H3. The maximum absolute atomic E-state index is 12.9. The van der Waals surface area contributed by atoms with Crippen LogP contribution in [0, 0.1) is 6.92 Å². The summed E-state index contributed by atoms with van der Waals surface area (Å²) in [6.45, 7) is 8.37. The van der Waals surface area contributed by atoms with Gasteiger partial charge in [-0.3, -0.25) is 0 Å². The number of thiophene rings is 1. The lowest BCUT2D eigenvalue weighted by molar-refractivity contribution is 0.345. The number of nitrogens with zero attached hydrogens (tertiary/aromatic N) is 1. The first-order valence-electron chi connectivity index (χ1n) is 7.01. The Morgan fingerprint density at radius 2 is 2.00 bits per heavy atom. The van der Waals surface area contributed by atoms with Crippen LogP contribution in [0.3, 0.4) is 0 Å². The third-order valence-corrected chi connectivity index (χ3v) is 7.20. The van der Waals surface area contributed by atoms with Gasteiger partial charge in [0.05, 0.1) is 5.88 Å². The van der Waals surface area contributed by atoms with Crippen molar-refractivity contribution in [2.75, 3.05) is 6.54 Å². The minimum atomic E-state index is -3.45. The molecule has 0 aromatic carbocycles. The molecule has 1 aromatic heterocycles. The SMILES string of the molecule is CCCCCN(C(C)C)S(=O)(=O)c1c(C)csc1CCl. The maximum Gasteiger partial charge on any atom is 0.244 e. The van der Waals surface area contributed by atoms with E-state index >= 15 is 0 Å². The molecule has 0 N–H and O–H groups in total. The molecule has 0 aliphatic rings. The molecule has 0 aliphatic heterocycles. The second kappa shape index (κ2) is 7.78. The van der Waals surface area contributed by atoms with Crippen LogP contribution in [0.5, 0.6) is 0 Å². The molecule has 0 bridgehead atoms. The second-order valence-electron chi connectivity index (χ2n) is 5.22. The fourth-order valence-electron chi connectivity index (χ4n) is 2.22. The van der Waals surface area contributed by atoms with Gasteiger partial charge in [0.25, 0.3) is 0 Å². The summed E-state index contributed by atoms with van der Waals surface area (Å²) in [5.41, 5.74) is 0.798. The summed E-state index contributed by atoms with van der Waals surface area (Å²) in [5, 5.41) is 1.87. The van der Waals surface area contributed by atoms with Gasteiger partial charge in [0.1, 0.15) is 4.90 Å². The Morgan fingerprint density at radius 1 is 1.35 bits per heavy atom. The van der Waals surface area contributed by atoms with Crippen molar-refractivity contribution in [1.29, 1.82) is 0 Å². The smallest absolute Gasteiger partial charge is 0.207 e. The van der Waals surface area contributed by atoms with E-state index in [0.29, 0.717) is 11.4 Å². The molecule has 0 aliphatic carbocycles. The van der Waals surface area contributed by atoms with Gasteiger partial charge in [0.15, 0.2) is 0 Å². The zero-order valence-corrected chi connectivity index (χ0v) is 15.0. The van der Waals surface area contributed by atoms with E-state index in [1.54, 1.807) is 4.31 Å². The lowest BCUT2D eigenvalue weighted by atomic mass is 10.2. The van der Waals surface area contributed by atoms with Crippen molar-refractivity contribution < 1.29 is 8.42 Å². The molecule has 1 rings (SSSR count). The van der Waals surface area contributed by atoms with Crippen LogP contribution in [-0.4, -0.2) is 25.3 Å². The van der Waals surface area contributed by atoms with E-state index in [1.165, 1.54) is 11.3 Å². The Kier molecular flexibility index (Phi) is 6.98. The quantitative estimate of drug-likeness (QED) is 0.521. The number of aryl methyl sites for hydroxylation is 1. The third-order valence-electron chi connectivity index (χ3n) is 3.24. The molecule has 3 nitrogen and oxygen atoms in total. The topological polar surface area (TPSA) is 37.4 Å². The largest absolute Gasteiger partial charge is 0.244 e. The molecule has 0 saturated heterocycles. The fourth-order valence-corrected chi connectivity index (χ4v) is 5.91. The van der Waals surface area contributed by atoms with Crippen molar-refractivity contribution in [1.82, 2.24) is 4.31 Å². The van der Waals surface area contributed by atoms with Crippen molar-refractivity contribution in [2.45, 2.75) is 63.8 Å². The molecule has 0 fully saturated rings. The number of sulfonamides is 1. The Labute approximate surface area is 132 Å². The molecule has 116 valence electrons. The highest BCUT2D eigenvalue weighted by molar-refractivity contribution is 7.89. The van der Waals surface area contributed by atoms with Crippen LogP contribution < -0.4 is 0 Å². The summed E-state index contributed by atoms with van der Waals surface area (Å²) >= 11 is 7.31. The van der Waals surface area contributed by atoms with Crippen LogP contribution in [0.25, 0.3) is 0 Å². The molecule has 6 heteroatoms. The average molecular weight is 338 g/mol. The van der Waals surface area contributed by atoms with E-state index in [0.717, 1.165) is 29.7 Å². The average Bonchev–Trinajstić information content (AvgIpc) is 2.75. The van der Waals surface area contributed by atoms with Gasteiger partial charge in [-0.1, -0.05) is 19.8 Å².